The molecule has 1 heterocycles. The number of ether oxygens (including phenoxy) is 1. The van der Waals surface area contributed by atoms with Crippen molar-refractivity contribution in [2.24, 2.45) is 5.11 Å². The average molecular weight is 249 g/mol. The fourth-order valence-corrected chi connectivity index (χ4v) is 2.94. The van der Waals surface area contributed by atoms with Gasteiger partial charge in [0.1, 0.15) is 0 Å². The number of methoxy groups -OCH3 is 1. The molecule has 88 valence electrons. The van der Waals surface area contributed by atoms with E-state index >= 15 is 0 Å². The van der Waals surface area contributed by atoms with Crippen molar-refractivity contribution in [1.29, 1.82) is 0 Å². The summed E-state index contributed by atoms with van der Waals surface area (Å²) < 4.78 is 4.67. The minimum atomic E-state index is -0.348. The van der Waals surface area contributed by atoms with Crippen LogP contribution in [-0.4, -0.2) is 18.8 Å². The van der Waals surface area contributed by atoms with Gasteiger partial charge in [-0.1, -0.05) is 11.2 Å². The second-order valence-electron chi connectivity index (χ2n) is 3.60. The molecule has 1 unspecified atom stereocenters. The highest BCUT2D eigenvalue weighted by atomic mass is 32.2. The SMILES string of the molecule is COC(=O)c1ccc2c(c1)SCCC2N=[N+]=[N-]. The normalized spacial score (nSPS) is 17.8. The van der Waals surface area contributed by atoms with Gasteiger partial charge in [-0.2, -0.15) is 0 Å². The van der Waals surface area contributed by atoms with Gasteiger partial charge in [-0.25, -0.2) is 4.79 Å². The number of hydrogen-bond acceptors (Lipinski definition) is 4. The second kappa shape index (κ2) is 5.12. The lowest BCUT2D eigenvalue weighted by Gasteiger charge is -2.21. The van der Waals surface area contributed by atoms with Crippen LogP contribution in [0.5, 0.6) is 0 Å². The standard InChI is InChI=1S/C11H11N3O2S/c1-16-11(15)7-2-3-8-9(13-14-12)4-5-17-10(8)6-7/h2-3,6,9H,4-5H2,1H3. The van der Waals surface area contributed by atoms with E-state index in [0.29, 0.717) is 5.56 Å². The van der Waals surface area contributed by atoms with Crippen LogP contribution in [-0.2, 0) is 4.74 Å². The molecule has 1 atom stereocenters. The first-order valence-corrected chi connectivity index (χ1v) is 6.14. The van der Waals surface area contributed by atoms with Crippen LogP contribution in [0.15, 0.2) is 28.2 Å². The Morgan fingerprint density at radius 1 is 1.65 bits per heavy atom. The van der Waals surface area contributed by atoms with Crippen LogP contribution in [0.25, 0.3) is 10.4 Å². The highest BCUT2D eigenvalue weighted by molar-refractivity contribution is 7.99. The lowest BCUT2D eigenvalue weighted by Crippen LogP contribution is -2.07. The molecule has 1 aromatic rings. The van der Waals surface area contributed by atoms with E-state index in [0.717, 1.165) is 22.6 Å². The molecule has 6 heteroatoms. The van der Waals surface area contributed by atoms with Crippen molar-refractivity contribution in [2.75, 3.05) is 12.9 Å². The largest absolute Gasteiger partial charge is 0.465 e. The Bertz CT molecular complexity index is 497. The summed E-state index contributed by atoms with van der Waals surface area (Å²) in [6, 6.07) is 5.22. The second-order valence-corrected chi connectivity index (χ2v) is 4.74. The molecule has 0 fully saturated rings. The first kappa shape index (κ1) is 11.8. The molecule has 1 aromatic carbocycles. The molecule has 5 nitrogen and oxygen atoms in total. The molecule has 0 saturated carbocycles. The topological polar surface area (TPSA) is 75.1 Å². The van der Waals surface area contributed by atoms with Crippen molar-refractivity contribution in [2.45, 2.75) is 17.4 Å². The third-order valence-corrected chi connectivity index (χ3v) is 3.74. The molecule has 2 rings (SSSR count). The van der Waals surface area contributed by atoms with Gasteiger partial charge in [-0.05, 0) is 35.4 Å². The Morgan fingerprint density at radius 2 is 2.47 bits per heavy atom. The number of nitrogens with zero attached hydrogens (tertiary/aromatic N) is 3. The first-order valence-electron chi connectivity index (χ1n) is 5.15. The van der Waals surface area contributed by atoms with Crippen molar-refractivity contribution >= 4 is 17.7 Å². The minimum Gasteiger partial charge on any atom is -0.465 e. The Balaban J connectivity index is 2.39. The lowest BCUT2D eigenvalue weighted by atomic mass is 10.0. The van der Waals surface area contributed by atoms with Gasteiger partial charge in [-0.3, -0.25) is 0 Å². The zero-order chi connectivity index (χ0) is 12.3. The van der Waals surface area contributed by atoms with Crippen molar-refractivity contribution in [3.05, 3.63) is 39.8 Å². The molecule has 0 radical (unpaired) electrons. The molecule has 0 aliphatic carbocycles. The molecule has 0 aromatic heterocycles. The summed E-state index contributed by atoms with van der Waals surface area (Å²) in [5, 5.41) is 3.77. The molecule has 0 amide bonds. The zero-order valence-corrected chi connectivity index (χ0v) is 10.1. The number of thioether (sulfide) groups is 1. The third kappa shape index (κ3) is 2.38. The maximum Gasteiger partial charge on any atom is 0.337 e. The van der Waals surface area contributed by atoms with Gasteiger partial charge in [0.05, 0.1) is 18.7 Å². The van der Waals surface area contributed by atoms with E-state index in [-0.39, 0.29) is 12.0 Å². The summed E-state index contributed by atoms with van der Waals surface area (Å²) >= 11 is 1.67. The predicted molar refractivity (Wildman–Crippen MR) is 65.0 cm³/mol. The summed E-state index contributed by atoms with van der Waals surface area (Å²) in [6.07, 6.45) is 0.833. The van der Waals surface area contributed by atoms with Crippen LogP contribution in [0.4, 0.5) is 0 Å². The van der Waals surface area contributed by atoms with Gasteiger partial charge in [0, 0.05) is 9.81 Å². The zero-order valence-electron chi connectivity index (χ0n) is 9.29. The van der Waals surface area contributed by atoms with E-state index in [9.17, 15) is 4.79 Å². The van der Waals surface area contributed by atoms with E-state index < -0.39 is 0 Å². The number of hydrogen-bond donors (Lipinski definition) is 0. The first-order chi connectivity index (χ1) is 8.26. The molecule has 0 saturated heterocycles. The van der Waals surface area contributed by atoms with Gasteiger partial charge in [-0.15, -0.1) is 11.8 Å². The maximum absolute atomic E-state index is 11.4. The smallest absolute Gasteiger partial charge is 0.337 e. The number of azide groups is 1. The quantitative estimate of drug-likeness (QED) is 0.349. The van der Waals surface area contributed by atoms with Crippen LogP contribution < -0.4 is 0 Å². The molecule has 1 aliphatic rings. The molecule has 0 spiro atoms. The van der Waals surface area contributed by atoms with E-state index in [1.54, 1.807) is 23.9 Å². The van der Waals surface area contributed by atoms with Crippen molar-refractivity contribution in [1.82, 2.24) is 0 Å². The van der Waals surface area contributed by atoms with Crippen molar-refractivity contribution in [3.8, 4) is 0 Å². The van der Waals surface area contributed by atoms with Gasteiger partial charge >= 0.3 is 5.97 Å². The van der Waals surface area contributed by atoms with Gasteiger partial charge < -0.3 is 4.74 Å². The fourth-order valence-electron chi connectivity index (χ4n) is 1.80. The average Bonchev–Trinajstić information content (AvgIpc) is 2.38. The summed E-state index contributed by atoms with van der Waals surface area (Å²) in [7, 11) is 1.36. The van der Waals surface area contributed by atoms with Gasteiger partial charge in [0.2, 0.25) is 0 Å². The molecule has 1 aliphatic heterocycles. The Labute approximate surface area is 103 Å². The Kier molecular flexibility index (Phi) is 3.56. The van der Waals surface area contributed by atoms with Crippen LogP contribution in [0.1, 0.15) is 28.4 Å². The number of rotatable bonds is 2. The Hall–Kier alpha value is -1.65. The van der Waals surface area contributed by atoms with E-state index in [1.807, 2.05) is 6.07 Å². The molecule has 0 bridgehead atoms. The fraction of sp³-hybridized carbons (Fsp3) is 0.364. The van der Waals surface area contributed by atoms with Gasteiger partial charge in [0.15, 0.2) is 0 Å². The van der Waals surface area contributed by atoms with E-state index in [1.165, 1.54) is 7.11 Å². The molecular formula is C11H11N3O2S. The minimum absolute atomic E-state index is 0.122. The lowest BCUT2D eigenvalue weighted by molar-refractivity contribution is 0.0600. The highest BCUT2D eigenvalue weighted by Gasteiger charge is 2.20. The highest BCUT2D eigenvalue weighted by Crippen LogP contribution is 2.38. The number of benzene rings is 1. The summed E-state index contributed by atoms with van der Waals surface area (Å²) in [5.41, 5.74) is 10.0. The van der Waals surface area contributed by atoms with Crippen LogP contribution in [0.3, 0.4) is 0 Å². The summed E-state index contributed by atoms with van der Waals surface area (Å²) in [5.74, 6) is 0.542. The van der Waals surface area contributed by atoms with Crippen LogP contribution in [0, 0.1) is 0 Å². The Morgan fingerprint density at radius 3 is 3.18 bits per heavy atom. The monoisotopic (exact) mass is 249 g/mol. The van der Waals surface area contributed by atoms with Crippen molar-refractivity contribution in [3.63, 3.8) is 0 Å². The predicted octanol–water partition coefficient (Wildman–Crippen LogP) is 3.32. The summed E-state index contributed by atoms with van der Waals surface area (Å²) in [6.45, 7) is 0. The van der Waals surface area contributed by atoms with Crippen molar-refractivity contribution < 1.29 is 9.53 Å². The third-order valence-electron chi connectivity index (χ3n) is 2.63. The molecular weight excluding hydrogens is 238 g/mol. The van der Waals surface area contributed by atoms with Crippen LogP contribution >= 0.6 is 11.8 Å². The van der Waals surface area contributed by atoms with Gasteiger partial charge in [0.25, 0.3) is 0 Å². The molecule has 17 heavy (non-hydrogen) atoms. The van der Waals surface area contributed by atoms with E-state index in [4.69, 9.17) is 5.53 Å². The number of carbonyl (C=O) groups is 1. The number of esters is 1. The summed E-state index contributed by atoms with van der Waals surface area (Å²) in [4.78, 5) is 15.2. The maximum atomic E-state index is 11.4. The van der Waals surface area contributed by atoms with Crippen LogP contribution in [0.2, 0.25) is 0 Å². The number of carbonyl (C=O) groups excluding carboxylic acids is 1. The molecule has 0 N–H and O–H groups in total. The van der Waals surface area contributed by atoms with E-state index in [2.05, 4.69) is 14.8 Å². The number of fused-ring (bicyclic) bond motifs is 1.